The van der Waals surface area contributed by atoms with Gasteiger partial charge < -0.3 is 10.4 Å². The van der Waals surface area contributed by atoms with Crippen molar-refractivity contribution in [2.24, 2.45) is 5.92 Å². The maximum atomic E-state index is 11.3. The van der Waals surface area contributed by atoms with Crippen LogP contribution in [0.1, 0.15) is 6.92 Å². The predicted molar refractivity (Wildman–Crippen MR) is 50.5 cm³/mol. The van der Waals surface area contributed by atoms with Crippen molar-refractivity contribution in [1.29, 1.82) is 0 Å². The van der Waals surface area contributed by atoms with E-state index in [0.29, 0.717) is 13.1 Å². The van der Waals surface area contributed by atoms with Gasteiger partial charge in [-0.05, 0) is 6.92 Å². The van der Waals surface area contributed by atoms with Crippen LogP contribution >= 0.6 is 0 Å². The number of amides is 3. The SMILES string of the molecule is C=CCNC(=O)N1C[C@@H]([C@@H](C)O)C1=O. The van der Waals surface area contributed by atoms with Crippen LogP contribution < -0.4 is 5.32 Å². The van der Waals surface area contributed by atoms with Gasteiger partial charge in [-0.3, -0.25) is 9.69 Å². The molecule has 1 aliphatic rings. The Morgan fingerprint density at radius 2 is 2.57 bits per heavy atom. The molecule has 0 aliphatic carbocycles. The molecule has 14 heavy (non-hydrogen) atoms. The first-order valence-electron chi connectivity index (χ1n) is 4.46. The number of carbonyl (C=O) groups excluding carboxylic acids is 2. The van der Waals surface area contributed by atoms with Crippen LogP contribution in [0.15, 0.2) is 12.7 Å². The Labute approximate surface area is 82.4 Å². The Bertz CT molecular complexity index is 263. The Kier molecular flexibility index (Phi) is 3.24. The smallest absolute Gasteiger partial charge is 0.324 e. The monoisotopic (exact) mass is 198 g/mol. The van der Waals surface area contributed by atoms with Gasteiger partial charge in [-0.15, -0.1) is 6.58 Å². The van der Waals surface area contributed by atoms with Crippen LogP contribution in [0.5, 0.6) is 0 Å². The maximum Gasteiger partial charge on any atom is 0.324 e. The normalized spacial score (nSPS) is 22.6. The maximum absolute atomic E-state index is 11.3. The minimum Gasteiger partial charge on any atom is -0.393 e. The topological polar surface area (TPSA) is 69.6 Å². The molecular formula is C9H14N2O3. The second-order valence-corrected chi connectivity index (χ2v) is 3.27. The van der Waals surface area contributed by atoms with Crippen LogP contribution in [-0.4, -0.2) is 41.1 Å². The zero-order valence-corrected chi connectivity index (χ0v) is 8.06. The summed E-state index contributed by atoms with van der Waals surface area (Å²) in [6, 6.07) is -0.424. The Morgan fingerprint density at radius 3 is 3.00 bits per heavy atom. The minimum absolute atomic E-state index is 0.291. The van der Waals surface area contributed by atoms with E-state index < -0.39 is 18.1 Å². The second kappa shape index (κ2) is 4.23. The van der Waals surface area contributed by atoms with Crippen molar-refractivity contribution in [3.8, 4) is 0 Å². The molecule has 0 saturated carbocycles. The van der Waals surface area contributed by atoms with Gasteiger partial charge in [0, 0.05) is 13.1 Å². The number of likely N-dealkylation sites (tertiary alicyclic amines) is 1. The van der Waals surface area contributed by atoms with Crippen LogP contribution in [-0.2, 0) is 4.79 Å². The molecule has 3 amide bonds. The van der Waals surface area contributed by atoms with Gasteiger partial charge in [0.25, 0.3) is 0 Å². The number of nitrogens with one attached hydrogen (secondary N) is 1. The zero-order chi connectivity index (χ0) is 10.7. The highest BCUT2D eigenvalue weighted by molar-refractivity contribution is 6.00. The number of β-lactam (4-membered cyclic amide) rings is 1. The summed E-state index contributed by atoms with van der Waals surface area (Å²) in [4.78, 5) is 23.6. The van der Waals surface area contributed by atoms with E-state index in [4.69, 9.17) is 5.11 Å². The largest absolute Gasteiger partial charge is 0.393 e. The molecule has 0 spiro atoms. The molecule has 0 aromatic heterocycles. The summed E-state index contributed by atoms with van der Waals surface area (Å²) in [7, 11) is 0. The van der Waals surface area contributed by atoms with Crippen LogP contribution in [0, 0.1) is 5.92 Å². The summed E-state index contributed by atoms with van der Waals surface area (Å²) >= 11 is 0. The van der Waals surface area contributed by atoms with Crippen molar-refractivity contribution < 1.29 is 14.7 Å². The van der Waals surface area contributed by atoms with E-state index in [0.717, 1.165) is 4.90 Å². The fourth-order valence-electron chi connectivity index (χ4n) is 1.25. The number of urea groups is 1. The van der Waals surface area contributed by atoms with Crippen molar-refractivity contribution in [3.63, 3.8) is 0 Å². The molecule has 1 saturated heterocycles. The minimum atomic E-state index is -0.689. The van der Waals surface area contributed by atoms with Gasteiger partial charge >= 0.3 is 6.03 Å². The highest BCUT2D eigenvalue weighted by Crippen LogP contribution is 2.20. The van der Waals surface area contributed by atoms with Crippen LogP contribution in [0.25, 0.3) is 0 Å². The first-order chi connectivity index (χ1) is 6.57. The second-order valence-electron chi connectivity index (χ2n) is 3.27. The van der Waals surface area contributed by atoms with Crippen molar-refractivity contribution in [2.75, 3.05) is 13.1 Å². The van der Waals surface area contributed by atoms with Crippen molar-refractivity contribution >= 4 is 11.9 Å². The summed E-state index contributed by atoms with van der Waals surface area (Å²) in [5.74, 6) is -0.744. The molecule has 1 aliphatic heterocycles. The average molecular weight is 198 g/mol. The standard InChI is InChI=1S/C9H14N2O3/c1-3-4-10-9(14)11-5-7(6(2)12)8(11)13/h3,6-7,12H,1,4-5H2,2H3,(H,10,14)/t6-,7+/m1/s1. The number of aliphatic hydroxyl groups is 1. The molecule has 2 N–H and O–H groups in total. The molecule has 1 fully saturated rings. The molecule has 1 rings (SSSR count). The van der Waals surface area contributed by atoms with Gasteiger partial charge in [0.15, 0.2) is 0 Å². The number of rotatable bonds is 3. The molecule has 0 aromatic carbocycles. The summed E-state index contributed by atoms with van der Waals surface area (Å²) in [5, 5.41) is 11.6. The average Bonchev–Trinajstić information content (AvgIpc) is 2.11. The zero-order valence-electron chi connectivity index (χ0n) is 8.06. The van der Waals surface area contributed by atoms with Gasteiger partial charge in [-0.1, -0.05) is 6.08 Å². The van der Waals surface area contributed by atoms with E-state index in [1.165, 1.54) is 6.08 Å². The van der Waals surface area contributed by atoms with Gasteiger partial charge in [0.1, 0.15) is 0 Å². The van der Waals surface area contributed by atoms with Crippen LogP contribution in [0.4, 0.5) is 4.79 Å². The Balaban J connectivity index is 2.40. The number of hydrogen-bond acceptors (Lipinski definition) is 3. The third-order valence-corrected chi connectivity index (χ3v) is 2.19. The Morgan fingerprint density at radius 1 is 1.93 bits per heavy atom. The van der Waals surface area contributed by atoms with E-state index in [-0.39, 0.29) is 5.91 Å². The molecular weight excluding hydrogens is 184 g/mol. The number of nitrogens with zero attached hydrogens (tertiary/aromatic N) is 1. The molecule has 0 aromatic rings. The summed E-state index contributed by atoms with van der Waals surface area (Å²) in [6.45, 7) is 5.61. The highest BCUT2D eigenvalue weighted by Gasteiger charge is 2.43. The lowest BCUT2D eigenvalue weighted by molar-refractivity contribution is -0.148. The molecule has 1 heterocycles. The molecule has 0 bridgehead atoms. The first-order valence-corrected chi connectivity index (χ1v) is 4.46. The lowest BCUT2D eigenvalue weighted by Crippen LogP contribution is -2.61. The lowest BCUT2D eigenvalue weighted by Gasteiger charge is -2.37. The molecule has 78 valence electrons. The summed E-state index contributed by atoms with van der Waals surface area (Å²) in [5.41, 5.74) is 0. The third kappa shape index (κ3) is 1.93. The highest BCUT2D eigenvalue weighted by atomic mass is 16.3. The van der Waals surface area contributed by atoms with E-state index in [9.17, 15) is 9.59 Å². The summed E-state index contributed by atoms with van der Waals surface area (Å²) in [6.07, 6.45) is 0.847. The molecule has 0 unspecified atom stereocenters. The number of carbonyl (C=O) groups is 2. The third-order valence-electron chi connectivity index (χ3n) is 2.19. The Hall–Kier alpha value is -1.36. The van der Waals surface area contributed by atoms with Crippen LogP contribution in [0.2, 0.25) is 0 Å². The number of imide groups is 1. The van der Waals surface area contributed by atoms with E-state index in [1.54, 1.807) is 6.92 Å². The first kappa shape index (κ1) is 10.7. The van der Waals surface area contributed by atoms with E-state index in [2.05, 4.69) is 11.9 Å². The molecule has 5 nitrogen and oxygen atoms in total. The predicted octanol–water partition coefficient (Wildman–Crippen LogP) is -0.279. The van der Waals surface area contributed by atoms with E-state index >= 15 is 0 Å². The summed E-state index contributed by atoms with van der Waals surface area (Å²) < 4.78 is 0. The van der Waals surface area contributed by atoms with Gasteiger partial charge in [-0.2, -0.15) is 0 Å². The molecule has 2 atom stereocenters. The van der Waals surface area contributed by atoms with Crippen molar-refractivity contribution in [1.82, 2.24) is 10.2 Å². The van der Waals surface area contributed by atoms with Gasteiger partial charge in [0.2, 0.25) is 5.91 Å². The fraction of sp³-hybridized carbons (Fsp3) is 0.556. The van der Waals surface area contributed by atoms with E-state index in [1.807, 2.05) is 0 Å². The van der Waals surface area contributed by atoms with Crippen LogP contribution in [0.3, 0.4) is 0 Å². The van der Waals surface area contributed by atoms with Gasteiger partial charge in [-0.25, -0.2) is 4.79 Å². The fourth-order valence-corrected chi connectivity index (χ4v) is 1.25. The van der Waals surface area contributed by atoms with Crippen molar-refractivity contribution in [2.45, 2.75) is 13.0 Å². The molecule has 5 heteroatoms. The van der Waals surface area contributed by atoms with Crippen molar-refractivity contribution in [3.05, 3.63) is 12.7 Å². The van der Waals surface area contributed by atoms with Gasteiger partial charge in [0.05, 0.1) is 12.0 Å². The number of hydrogen-bond donors (Lipinski definition) is 2. The lowest BCUT2D eigenvalue weighted by atomic mass is 9.94. The number of aliphatic hydroxyl groups excluding tert-OH is 1. The quantitative estimate of drug-likeness (QED) is 0.484. The molecule has 0 radical (unpaired) electrons.